The van der Waals surface area contributed by atoms with Crippen LogP contribution in [0.4, 0.5) is 5.69 Å². The van der Waals surface area contributed by atoms with Crippen LogP contribution in [0.3, 0.4) is 0 Å². The van der Waals surface area contributed by atoms with E-state index in [1.54, 1.807) is 10.6 Å². The molecule has 0 atom stereocenters. The zero-order valence-corrected chi connectivity index (χ0v) is 19.0. The molecule has 0 unspecified atom stereocenters. The van der Waals surface area contributed by atoms with E-state index < -0.39 is 0 Å². The van der Waals surface area contributed by atoms with Crippen molar-refractivity contribution in [1.29, 1.82) is 0 Å². The van der Waals surface area contributed by atoms with E-state index in [1.807, 2.05) is 62.5 Å². The van der Waals surface area contributed by atoms with E-state index in [1.165, 1.54) is 17.5 Å². The van der Waals surface area contributed by atoms with Gasteiger partial charge in [0.05, 0.1) is 5.39 Å². The number of nitrogens with zero attached hydrogens (tertiary/aromatic N) is 3. The maximum absolute atomic E-state index is 13.0. The molecular formula is C27H26N4O. The zero-order valence-electron chi connectivity index (χ0n) is 19.0. The molecular weight excluding hydrogens is 396 g/mol. The first-order valence-corrected chi connectivity index (χ1v) is 10.5. The molecule has 5 heteroatoms. The Balaban J connectivity index is 1.63. The van der Waals surface area contributed by atoms with Crippen LogP contribution in [0.1, 0.15) is 53.6 Å². The highest BCUT2D eigenvalue weighted by Gasteiger charge is 2.17. The molecule has 0 saturated heterocycles. The molecule has 0 aliphatic rings. The average Bonchev–Trinajstić information content (AvgIpc) is 3.10. The van der Waals surface area contributed by atoms with Crippen LogP contribution in [0, 0.1) is 18.8 Å². The molecule has 4 aromatic rings. The molecule has 4 rings (SSSR count). The van der Waals surface area contributed by atoms with E-state index in [-0.39, 0.29) is 11.3 Å². The lowest BCUT2D eigenvalue weighted by Crippen LogP contribution is -2.16. The molecule has 1 N–H and O–H groups in total. The van der Waals surface area contributed by atoms with Gasteiger partial charge in [0, 0.05) is 18.3 Å². The first kappa shape index (κ1) is 21.3. The average molecular weight is 423 g/mol. The molecule has 0 aliphatic heterocycles. The molecule has 32 heavy (non-hydrogen) atoms. The van der Waals surface area contributed by atoms with E-state index in [0.717, 1.165) is 16.6 Å². The number of nitrogens with one attached hydrogen (secondary N) is 1. The van der Waals surface area contributed by atoms with Crippen molar-refractivity contribution in [3.05, 3.63) is 89.0 Å². The maximum Gasteiger partial charge on any atom is 0.272 e. The number of aryl methyl sites for hydroxylation is 2. The van der Waals surface area contributed by atoms with Crippen molar-refractivity contribution < 1.29 is 4.79 Å². The van der Waals surface area contributed by atoms with Crippen molar-refractivity contribution in [2.45, 2.75) is 33.1 Å². The number of hydrogen-bond donors (Lipinski definition) is 1. The van der Waals surface area contributed by atoms with Crippen molar-refractivity contribution in [1.82, 2.24) is 14.5 Å². The minimum absolute atomic E-state index is 0.0626. The number of rotatable bonds is 2. The van der Waals surface area contributed by atoms with Crippen molar-refractivity contribution in [3.8, 4) is 11.8 Å². The number of hydrogen-bond acceptors (Lipinski definition) is 3. The predicted molar refractivity (Wildman–Crippen MR) is 129 cm³/mol. The molecule has 5 nitrogen and oxygen atoms in total. The second-order valence-electron chi connectivity index (χ2n) is 8.95. The summed E-state index contributed by atoms with van der Waals surface area (Å²) in [5.74, 6) is 6.07. The quantitative estimate of drug-likeness (QED) is 0.450. The van der Waals surface area contributed by atoms with Gasteiger partial charge < -0.3 is 9.88 Å². The van der Waals surface area contributed by atoms with Gasteiger partial charge in [0.25, 0.3) is 5.91 Å². The van der Waals surface area contributed by atoms with Crippen LogP contribution >= 0.6 is 0 Å². The fourth-order valence-corrected chi connectivity index (χ4v) is 3.47. The number of aromatic nitrogens is 3. The van der Waals surface area contributed by atoms with Crippen LogP contribution in [0.5, 0.6) is 0 Å². The highest BCUT2D eigenvalue weighted by molar-refractivity contribution is 6.06. The minimum Gasteiger partial charge on any atom is -0.324 e. The third-order valence-electron chi connectivity index (χ3n) is 5.44. The normalized spacial score (nSPS) is 11.2. The molecule has 0 bridgehead atoms. The molecule has 0 fully saturated rings. The summed E-state index contributed by atoms with van der Waals surface area (Å²) in [5, 5.41) is 3.73. The lowest BCUT2D eigenvalue weighted by molar-refractivity contribution is 0.101. The fraction of sp³-hybridized carbons (Fsp3) is 0.222. The van der Waals surface area contributed by atoms with Crippen LogP contribution < -0.4 is 5.32 Å². The molecule has 0 radical (unpaired) electrons. The largest absolute Gasteiger partial charge is 0.324 e. The van der Waals surface area contributed by atoms with Gasteiger partial charge in [-0.15, -0.1) is 0 Å². The summed E-state index contributed by atoms with van der Waals surface area (Å²) in [7, 11) is 1.82. The highest BCUT2D eigenvalue weighted by atomic mass is 16.1. The number of anilines is 1. The van der Waals surface area contributed by atoms with E-state index in [9.17, 15) is 4.79 Å². The smallest absolute Gasteiger partial charge is 0.272 e. The molecule has 2 aromatic carbocycles. The van der Waals surface area contributed by atoms with E-state index in [4.69, 9.17) is 0 Å². The third kappa shape index (κ3) is 4.40. The third-order valence-corrected chi connectivity index (χ3v) is 5.44. The topological polar surface area (TPSA) is 59.8 Å². The van der Waals surface area contributed by atoms with E-state index >= 15 is 0 Å². The molecule has 0 spiro atoms. The first-order chi connectivity index (χ1) is 15.2. The second-order valence-corrected chi connectivity index (χ2v) is 8.95. The zero-order chi connectivity index (χ0) is 22.9. The number of fused-ring (bicyclic) bond motifs is 1. The van der Waals surface area contributed by atoms with Crippen LogP contribution in [0.2, 0.25) is 0 Å². The summed E-state index contributed by atoms with van der Waals surface area (Å²) >= 11 is 0. The van der Waals surface area contributed by atoms with E-state index in [0.29, 0.717) is 17.0 Å². The Morgan fingerprint density at radius 1 is 0.969 bits per heavy atom. The first-order valence-electron chi connectivity index (χ1n) is 10.5. The summed E-state index contributed by atoms with van der Waals surface area (Å²) in [6, 6.07) is 17.8. The molecule has 0 aliphatic carbocycles. The highest BCUT2D eigenvalue weighted by Crippen LogP contribution is 2.24. The van der Waals surface area contributed by atoms with Crippen molar-refractivity contribution in [2.75, 3.05) is 5.32 Å². The Kier molecular flexibility index (Phi) is 5.54. The summed E-state index contributed by atoms with van der Waals surface area (Å²) in [5.41, 5.74) is 5.89. The maximum atomic E-state index is 13.0. The van der Waals surface area contributed by atoms with Crippen molar-refractivity contribution >= 4 is 22.6 Å². The Hall–Kier alpha value is -3.91. The molecule has 2 aromatic heterocycles. The Morgan fingerprint density at radius 3 is 2.31 bits per heavy atom. The van der Waals surface area contributed by atoms with Crippen molar-refractivity contribution in [2.24, 2.45) is 7.05 Å². The number of carbonyl (C=O) groups excluding carboxylic acids is 1. The summed E-state index contributed by atoms with van der Waals surface area (Å²) in [6.07, 6.45) is 1.48. The number of carbonyl (C=O) groups is 1. The van der Waals surface area contributed by atoms with Gasteiger partial charge in [-0.3, -0.25) is 4.79 Å². The van der Waals surface area contributed by atoms with Crippen LogP contribution in [-0.4, -0.2) is 20.4 Å². The fourth-order valence-electron chi connectivity index (χ4n) is 3.47. The van der Waals surface area contributed by atoms with Crippen molar-refractivity contribution in [3.63, 3.8) is 0 Å². The minimum atomic E-state index is -0.202. The Morgan fingerprint density at radius 2 is 1.66 bits per heavy atom. The summed E-state index contributed by atoms with van der Waals surface area (Å²) in [6.45, 7) is 8.53. The molecule has 1 amide bonds. The number of benzene rings is 2. The molecule has 0 saturated carbocycles. The molecule has 2 heterocycles. The monoisotopic (exact) mass is 422 g/mol. The SMILES string of the molecule is Cc1ccc(C#Cc2ncnc3c2cc(C(=O)Nc2ccc(C(C)(C)C)cc2)n3C)cc1. The molecule has 160 valence electrons. The Labute approximate surface area is 188 Å². The van der Waals surface area contributed by atoms with Gasteiger partial charge in [-0.1, -0.05) is 56.5 Å². The van der Waals surface area contributed by atoms with Gasteiger partial charge in [0.1, 0.15) is 23.4 Å². The Bertz CT molecular complexity index is 1350. The van der Waals surface area contributed by atoms with Gasteiger partial charge in [-0.05, 0) is 54.2 Å². The van der Waals surface area contributed by atoms with Gasteiger partial charge in [0.2, 0.25) is 0 Å². The lowest BCUT2D eigenvalue weighted by atomic mass is 9.87. The predicted octanol–water partition coefficient (Wildman–Crippen LogP) is 5.23. The lowest BCUT2D eigenvalue weighted by Gasteiger charge is -2.19. The summed E-state index contributed by atoms with van der Waals surface area (Å²) < 4.78 is 1.77. The standard InChI is InChI=1S/C27H26N4O/c1-18-6-8-19(9-7-18)10-15-23-22-16-24(31(5)25(22)29-17-28-23)26(32)30-21-13-11-20(12-14-21)27(2,3)4/h6-9,11-14,16-17H,1-5H3,(H,30,32). The van der Waals surface area contributed by atoms with Gasteiger partial charge >= 0.3 is 0 Å². The van der Waals surface area contributed by atoms with Crippen LogP contribution in [0.15, 0.2) is 60.9 Å². The van der Waals surface area contributed by atoms with Gasteiger partial charge in [-0.25, -0.2) is 9.97 Å². The van der Waals surface area contributed by atoms with Crippen LogP contribution in [-0.2, 0) is 12.5 Å². The number of amides is 1. The van der Waals surface area contributed by atoms with Crippen LogP contribution in [0.25, 0.3) is 11.0 Å². The van der Waals surface area contributed by atoms with E-state index in [2.05, 4.69) is 47.9 Å². The summed E-state index contributed by atoms with van der Waals surface area (Å²) in [4.78, 5) is 21.7. The second kappa shape index (κ2) is 8.32. The van der Waals surface area contributed by atoms with Gasteiger partial charge in [0.15, 0.2) is 0 Å². The van der Waals surface area contributed by atoms with Gasteiger partial charge in [-0.2, -0.15) is 0 Å².